The SMILES string of the molecule is O=C(CCc1ccccc1)NCC1Cc2cccc(-c3ncccn3)c2O1. The van der Waals surface area contributed by atoms with Gasteiger partial charge in [0, 0.05) is 25.2 Å². The zero-order chi connectivity index (χ0) is 18.5. The normalized spacial score (nSPS) is 15.0. The van der Waals surface area contributed by atoms with E-state index < -0.39 is 0 Å². The van der Waals surface area contributed by atoms with E-state index in [0.29, 0.717) is 18.8 Å². The number of hydrogen-bond donors (Lipinski definition) is 1. The molecule has 3 aromatic rings. The Hall–Kier alpha value is -3.21. The van der Waals surface area contributed by atoms with Crippen LogP contribution in [0.4, 0.5) is 0 Å². The molecule has 2 aromatic carbocycles. The minimum atomic E-state index is -0.0643. The predicted molar refractivity (Wildman–Crippen MR) is 103 cm³/mol. The van der Waals surface area contributed by atoms with Crippen molar-refractivity contribution in [3.05, 3.63) is 78.1 Å². The number of hydrogen-bond acceptors (Lipinski definition) is 4. The zero-order valence-corrected chi connectivity index (χ0v) is 15.0. The number of aromatic nitrogens is 2. The molecule has 136 valence electrons. The number of benzene rings is 2. The molecule has 1 amide bonds. The van der Waals surface area contributed by atoms with E-state index in [2.05, 4.69) is 21.4 Å². The van der Waals surface area contributed by atoms with Crippen LogP contribution in [0.3, 0.4) is 0 Å². The lowest BCUT2D eigenvalue weighted by Gasteiger charge is -2.13. The highest BCUT2D eigenvalue weighted by molar-refractivity contribution is 5.76. The maximum Gasteiger partial charge on any atom is 0.220 e. The van der Waals surface area contributed by atoms with Gasteiger partial charge in [0.15, 0.2) is 5.82 Å². The summed E-state index contributed by atoms with van der Waals surface area (Å²) in [7, 11) is 0. The lowest BCUT2D eigenvalue weighted by atomic mass is 10.1. The van der Waals surface area contributed by atoms with Gasteiger partial charge in [0.1, 0.15) is 11.9 Å². The number of ether oxygens (including phenoxy) is 1. The molecule has 1 unspecified atom stereocenters. The molecule has 0 fully saturated rings. The van der Waals surface area contributed by atoms with Crippen molar-refractivity contribution in [3.63, 3.8) is 0 Å². The van der Waals surface area contributed by atoms with Crippen LogP contribution in [0.2, 0.25) is 0 Å². The first kappa shape index (κ1) is 17.2. The maximum atomic E-state index is 12.1. The highest BCUT2D eigenvalue weighted by Crippen LogP contribution is 2.37. The zero-order valence-electron chi connectivity index (χ0n) is 15.0. The van der Waals surface area contributed by atoms with Gasteiger partial charge in [-0.05, 0) is 29.7 Å². The first-order valence-corrected chi connectivity index (χ1v) is 9.16. The average molecular weight is 359 g/mol. The second-order valence-electron chi connectivity index (χ2n) is 6.60. The molecule has 1 aromatic heterocycles. The lowest BCUT2D eigenvalue weighted by Crippen LogP contribution is -2.34. The summed E-state index contributed by atoms with van der Waals surface area (Å²) in [6.45, 7) is 0.497. The van der Waals surface area contributed by atoms with E-state index in [1.165, 1.54) is 5.56 Å². The van der Waals surface area contributed by atoms with E-state index in [9.17, 15) is 4.79 Å². The van der Waals surface area contributed by atoms with Gasteiger partial charge >= 0.3 is 0 Å². The Balaban J connectivity index is 1.33. The number of amides is 1. The van der Waals surface area contributed by atoms with E-state index in [-0.39, 0.29) is 12.0 Å². The molecule has 1 aliphatic rings. The summed E-state index contributed by atoms with van der Waals surface area (Å²) in [5, 5.41) is 2.99. The van der Waals surface area contributed by atoms with E-state index in [1.807, 2.05) is 42.5 Å². The monoisotopic (exact) mass is 359 g/mol. The van der Waals surface area contributed by atoms with Crippen LogP contribution in [-0.4, -0.2) is 28.5 Å². The second kappa shape index (κ2) is 7.99. The molecule has 0 bridgehead atoms. The standard InChI is InChI=1S/C22H21N3O2/c26-20(11-10-16-6-2-1-3-7-16)25-15-18-14-17-8-4-9-19(21(17)27-18)22-23-12-5-13-24-22/h1-9,12-13,18H,10-11,14-15H2,(H,25,26). The van der Waals surface area contributed by atoms with Gasteiger partial charge in [0.2, 0.25) is 5.91 Å². The molecule has 0 aliphatic carbocycles. The van der Waals surface area contributed by atoms with Crippen molar-refractivity contribution < 1.29 is 9.53 Å². The van der Waals surface area contributed by atoms with Crippen LogP contribution < -0.4 is 10.1 Å². The molecular weight excluding hydrogens is 338 g/mol. The summed E-state index contributed by atoms with van der Waals surface area (Å²) in [6, 6.07) is 17.8. The molecular formula is C22H21N3O2. The number of aryl methyl sites for hydroxylation is 1. The quantitative estimate of drug-likeness (QED) is 0.734. The number of fused-ring (bicyclic) bond motifs is 1. The third-order valence-corrected chi connectivity index (χ3v) is 4.65. The van der Waals surface area contributed by atoms with Gasteiger partial charge in [-0.3, -0.25) is 4.79 Å². The van der Waals surface area contributed by atoms with Crippen LogP contribution in [0.25, 0.3) is 11.4 Å². The minimum Gasteiger partial charge on any atom is -0.487 e. The third kappa shape index (κ3) is 4.14. The summed E-state index contributed by atoms with van der Waals surface area (Å²) in [5.41, 5.74) is 3.19. The number of nitrogens with zero attached hydrogens (tertiary/aromatic N) is 2. The molecule has 0 saturated heterocycles. The van der Waals surface area contributed by atoms with Crippen molar-refractivity contribution >= 4 is 5.91 Å². The number of carbonyl (C=O) groups is 1. The molecule has 2 heterocycles. The smallest absolute Gasteiger partial charge is 0.220 e. The van der Waals surface area contributed by atoms with E-state index in [1.54, 1.807) is 18.5 Å². The van der Waals surface area contributed by atoms with E-state index in [4.69, 9.17) is 4.74 Å². The second-order valence-corrected chi connectivity index (χ2v) is 6.60. The summed E-state index contributed by atoms with van der Waals surface area (Å²) >= 11 is 0. The minimum absolute atomic E-state index is 0.0463. The Morgan fingerprint density at radius 1 is 1.04 bits per heavy atom. The molecule has 27 heavy (non-hydrogen) atoms. The first-order chi connectivity index (χ1) is 13.3. The fourth-order valence-corrected chi connectivity index (χ4v) is 3.29. The fraction of sp³-hybridized carbons (Fsp3) is 0.227. The van der Waals surface area contributed by atoms with Crippen molar-refractivity contribution in [2.24, 2.45) is 0 Å². The molecule has 5 nitrogen and oxygen atoms in total. The molecule has 5 heteroatoms. The number of rotatable bonds is 6. The Kier molecular flexibility index (Phi) is 5.10. The summed E-state index contributed by atoms with van der Waals surface area (Å²) in [6.07, 6.45) is 5.38. The van der Waals surface area contributed by atoms with Gasteiger partial charge in [-0.1, -0.05) is 42.5 Å². The highest BCUT2D eigenvalue weighted by Gasteiger charge is 2.26. The van der Waals surface area contributed by atoms with E-state index >= 15 is 0 Å². The van der Waals surface area contributed by atoms with Gasteiger partial charge in [-0.15, -0.1) is 0 Å². The van der Waals surface area contributed by atoms with Crippen molar-refractivity contribution in [1.82, 2.24) is 15.3 Å². The Morgan fingerprint density at radius 3 is 2.67 bits per heavy atom. The highest BCUT2D eigenvalue weighted by atomic mass is 16.5. The summed E-state index contributed by atoms with van der Waals surface area (Å²) in [5.74, 6) is 1.53. The van der Waals surface area contributed by atoms with Crippen LogP contribution in [0.15, 0.2) is 67.0 Å². The van der Waals surface area contributed by atoms with Crippen molar-refractivity contribution in [3.8, 4) is 17.1 Å². The van der Waals surface area contributed by atoms with Gasteiger partial charge in [0.05, 0.1) is 12.1 Å². The summed E-state index contributed by atoms with van der Waals surface area (Å²) in [4.78, 5) is 20.8. The molecule has 0 spiro atoms. The van der Waals surface area contributed by atoms with Crippen LogP contribution in [0.5, 0.6) is 5.75 Å². The third-order valence-electron chi connectivity index (χ3n) is 4.65. The molecule has 1 atom stereocenters. The Morgan fingerprint density at radius 2 is 1.85 bits per heavy atom. The fourth-order valence-electron chi connectivity index (χ4n) is 3.29. The largest absolute Gasteiger partial charge is 0.487 e. The van der Waals surface area contributed by atoms with Crippen LogP contribution >= 0.6 is 0 Å². The number of carbonyl (C=O) groups excluding carboxylic acids is 1. The van der Waals surface area contributed by atoms with Crippen molar-refractivity contribution in [2.45, 2.75) is 25.4 Å². The lowest BCUT2D eigenvalue weighted by molar-refractivity contribution is -0.121. The van der Waals surface area contributed by atoms with Crippen LogP contribution in [0.1, 0.15) is 17.5 Å². The van der Waals surface area contributed by atoms with Gasteiger partial charge < -0.3 is 10.1 Å². The topological polar surface area (TPSA) is 64.1 Å². The van der Waals surface area contributed by atoms with Gasteiger partial charge in [-0.25, -0.2) is 9.97 Å². The number of para-hydroxylation sites is 1. The van der Waals surface area contributed by atoms with E-state index in [0.717, 1.165) is 29.7 Å². The maximum absolute atomic E-state index is 12.1. The molecule has 4 rings (SSSR count). The average Bonchev–Trinajstić information content (AvgIpc) is 3.15. The Bertz CT molecular complexity index is 913. The Labute approximate surface area is 158 Å². The van der Waals surface area contributed by atoms with Gasteiger partial charge in [-0.2, -0.15) is 0 Å². The molecule has 0 saturated carbocycles. The molecule has 0 radical (unpaired) electrons. The van der Waals surface area contributed by atoms with Crippen molar-refractivity contribution in [1.29, 1.82) is 0 Å². The number of nitrogens with one attached hydrogen (secondary N) is 1. The van der Waals surface area contributed by atoms with Crippen LogP contribution in [-0.2, 0) is 17.6 Å². The van der Waals surface area contributed by atoms with Crippen LogP contribution in [0, 0.1) is 0 Å². The molecule has 1 N–H and O–H groups in total. The summed E-state index contributed by atoms with van der Waals surface area (Å²) < 4.78 is 6.11. The molecule has 1 aliphatic heterocycles. The van der Waals surface area contributed by atoms with Gasteiger partial charge in [0.25, 0.3) is 0 Å². The first-order valence-electron chi connectivity index (χ1n) is 9.16. The predicted octanol–water partition coefficient (Wildman–Crippen LogP) is 3.20. The van der Waals surface area contributed by atoms with Crippen molar-refractivity contribution in [2.75, 3.05) is 6.54 Å².